The van der Waals surface area contributed by atoms with Crippen molar-refractivity contribution in [2.24, 2.45) is 0 Å². The zero-order valence-electron chi connectivity index (χ0n) is 19.6. The van der Waals surface area contributed by atoms with Gasteiger partial charge in [0.15, 0.2) is 0 Å². The monoisotopic (exact) mass is 480 g/mol. The molecule has 0 fully saturated rings. The van der Waals surface area contributed by atoms with Crippen LogP contribution in [0.3, 0.4) is 0 Å². The fraction of sp³-hybridized carbons (Fsp3) is 0.138. The van der Waals surface area contributed by atoms with Crippen LogP contribution < -0.4 is 15.0 Å². The van der Waals surface area contributed by atoms with Gasteiger partial charge in [-0.3, -0.25) is 9.78 Å². The number of hydrogen-bond donors (Lipinski definition) is 1. The van der Waals surface area contributed by atoms with Crippen LogP contribution in [-0.2, 0) is 13.1 Å². The SMILES string of the molecule is O=C(NCc1cccnc1)c1ccc2c(c1)OCCN2Cc1ccc(-c2ccccc2C(=O)[OH2+])cc1. The van der Waals surface area contributed by atoms with E-state index in [0.29, 0.717) is 36.6 Å². The zero-order chi connectivity index (χ0) is 24.9. The summed E-state index contributed by atoms with van der Waals surface area (Å²) in [5.41, 5.74) is 5.60. The minimum Gasteiger partial charge on any atom is -0.561 e. The summed E-state index contributed by atoms with van der Waals surface area (Å²) in [4.78, 5) is 30.6. The highest BCUT2D eigenvalue weighted by molar-refractivity contribution is 5.96. The molecular formula is C29H26N3O4+. The highest BCUT2D eigenvalue weighted by Crippen LogP contribution is 2.34. The van der Waals surface area contributed by atoms with Crippen molar-refractivity contribution in [2.45, 2.75) is 13.1 Å². The van der Waals surface area contributed by atoms with Gasteiger partial charge in [-0.15, -0.1) is 0 Å². The number of benzene rings is 3. The lowest BCUT2D eigenvalue weighted by atomic mass is 9.98. The number of aromatic nitrogens is 1. The maximum atomic E-state index is 12.7. The Bertz CT molecular complexity index is 1390. The third-order valence-electron chi connectivity index (χ3n) is 6.17. The number of nitrogens with one attached hydrogen (secondary N) is 1. The molecular weight excluding hydrogens is 454 g/mol. The number of nitrogens with zero attached hydrogens (tertiary/aromatic N) is 2. The van der Waals surface area contributed by atoms with E-state index in [1.807, 2.05) is 60.7 Å². The van der Waals surface area contributed by atoms with Gasteiger partial charge in [0.1, 0.15) is 17.9 Å². The standard InChI is InChI=1S/C29H25N3O4/c33-28(31-18-21-4-3-13-30-17-21)23-11-12-26-27(16-23)36-15-14-32(26)19-20-7-9-22(10-8-20)24-5-1-2-6-25(24)29(34)35/h1-13,16-17H,14-15,18-19H2,(H,31,33)(H,34,35)/p+1. The fourth-order valence-electron chi connectivity index (χ4n) is 4.31. The molecule has 1 amide bonds. The number of carbonyl (C=O) groups excluding carboxylic acids is 2. The molecule has 1 aliphatic rings. The third kappa shape index (κ3) is 5.05. The first-order valence-corrected chi connectivity index (χ1v) is 11.7. The number of amides is 1. The summed E-state index contributed by atoms with van der Waals surface area (Å²) in [6, 6.07) is 24.5. The number of anilines is 1. The first-order valence-electron chi connectivity index (χ1n) is 11.7. The van der Waals surface area contributed by atoms with Gasteiger partial charge in [-0.2, -0.15) is 0 Å². The molecule has 3 aromatic carbocycles. The summed E-state index contributed by atoms with van der Waals surface area (Å²) < 4.78 is 5.88. The Morgan fingerprint density at radius 2 is 1.81 bits per heavy atom. The number of hydrogen-bond acceptors (Lipinski definition) is 5. The molecule has 36 heavy (non-hydrogen) atoms. The molecule has 0 bridgehead atoms. The van der Waals surface area contributed by atoms with Crippen LogP contribution in [0, 0.1) is 0 Å². The summed E-state index contributed by atoms with van der Waals surface area (Å²) in [5, 5.41) is 10.4. The van der Waals surface area contributed by atoms with Crippen molar-refractivity contribution in [2.75, 3.05) is 18.1 Å². The maximum absolute atomic E-state index is 12.7. The van der Waals surface area contributed by atoms with E-state index in [1.54, 1.807) is 30.6 Å². The van der Waals surface area contributed by atoms with Gasteiger partial charge >= 0.3 is 5.97 Å². The second-order valence-corrected chi connectivity index (χ2v) is 8.57. The van der Waals surface area contributed by atoms with Gasteiger partial charge in [0.2, 0.25) is 0 Å². The van der Waals surface area contributed by atoms with E-state index >= 15 is 0 Å². The van der Waals surface area contributed by atoms with E-state index < -0.39 is 5.97 Å². The number of rotatable bonds is 7. The average Bonchev–Trinajstić information content (AvgIpc) is 2.92. The van der Waals surface area contributed by atoms with Gasteiger partial charge < -0.3 is 20.1 Å². The van der Waals surface area contributed by atoms with E-state index in [-0.39, 0.29) is 5.91 Å². The van der Waals surface area contributed by atoms with Gasteiger partial charge in [-0.1, -0.05) is 48.5 Å². The number of fused-ring (bicyclic) bond motifs is 1. The van der Waals surface area contributed by atoms with E-state index in [1.165, 1.54) is 0 Å². The van der Waals surface area contributed by atoms with Crippen LogP contribution in [0.4, 0.5) is 5.69 Å². The van der Waals surface area contributed by atoms with Gasteiger partial charge in [0.25, 0.3) is 5.91 Å². The van der Waals surface area contributed by atoms with Gasteiger partial charge in [-0.05, 0) is 47.0 Å². The molecule has 0 aliphatic carbocycles. The molecule has 0 atom stereocenters. The van der Waals surface area contributed by atoms with E-state index in [2.05, 4.69) is 15.2 Å². The van der Waals surface area contributed by atoms with Crippen molar-refractivity contribution in [1.29, 1.82) is 0 Å². The molecule has 7 nitrogen and oxygen atoms in total. The molecule has 1 aromatic heterocycles. The third-order valence-corrected chi connectivity index (χ3v) is 6.17. The fourth-order valence-corrected chi connectivity index (χ4v) is 4.31. The van der Waals surface area contributed by atoms with Gasteiger partial charge in [-0.25, -0.2) is 0 Å². The first kappa shape index (κ1) is 23.1. The summed E-state index contributed by atoms with van der Waals surface area (Å²) in [5.74, 6) is -0.163. The molecule has 5 rings (SSSR count). The average molecular weight is 481 g/mol. The normalized spacial score (nSPS) is 12.4. The highest BCUT2D eigenvalue weighted by Gasteiger charge is 2.21. The predicted molar refractivity (Wildman–Crippen MR) is 138 cm³/mol. The van der Waals surface area contributed by atoms with E-state index in [4.69, 9.17) is 9.84 Å². The van der Waals surface area contributed by atoms with Crippen molar-refractivity contribution >= 4 is 17.6 Å². The zero-order valence-corrected chi connectivity index (χ0v) is 19.6. The van der Waals surface area contributed by atoms with Crippen LogP contribution >= 0.6 is 0 Å². The molecule has 0 unspecified atom stereocenters. The minimum absolute atomic E-state index is 0.163. The van der Waals surface area contributed by atoms with Crippen LogP contribution in [-0.4, -0.2) is 35.1 Å². The molecule has 1 aliphatic heterocycles. The molecule has 0 saturated heterocycles. The maximum Gasteiger partial charge on any atom is 0.549 e. The topological polar surface area (TPSA) is 94.4 Å². The lowest BCUT2D eigenvalue weighted by molar-refractivity contribution is 0.0697. The van der Waals surface area contributed by atoms with Gasteiger partial charge in [0, 0.05) is 41.4 Å². The second kappa shape index (κ2) is 10.3. The van der Waals surface area contributed by atoms with Gasteiger partial charge in [0.05, 0.1) is 12.2 Å². The summed E-state index contributed by atoms with van der Waals surface area (Å²) >= 11 is 0. The Labute approximate surface area is 209 Å². The second-order valence-electron chi connectivity index (χ2n) is 8.57. The van der Waals surface area contributed by atoms with Crippen molar-refractivity contribution in [3.8, 4) is 16.9 Å². The van der Waals surface area contributed by atoms with E-state index in [9.17, 15) is 9.59 Å². The van der Waals surface area contributed by atoms with Crippen LogP contribution in [0.15, 0.2) is 91.3 Å². The molecule has 7 heteroatoms. The van der Waals surface area contributed by atoms with E-state index in [0.717, 1.165) is 34.5 Å². The molecule has 3 N–H and O–H groups in total. The Morgan fingerprint density at radius 1 is 0.972 bits per heavy atom. The number of carbonyl (C=O) groups is 2. The summed E-state index contributed by atoms with van der Waals surface area (Å²) in [7, 11) is 0. The predicted octanol–water partition coefficient (Wildman–Crippen LogP) is 3.94. The highest BCUT2D eigenvalue weighted by atomic mass is 16.5. The van der Waals surface area contributed by atoms with Crippen molar-refractivity contribution in [3.63, 3.8) is 0 Å². The summed E-state index contributed by atoms with van der Waals surface area (Å²) in [6.45, 7) is 2.36. The Hall–Kier alpha value is -4.65. The van der Waals surface area contributed by atoms with Crippen LogP contribution in [0.5, 0.6) is 5.75 Å². The van der Waals surface area contributed by atoms with Crippen LogP contribution in [0.25, 0.3) is 11.1 Å². The Balaban J connectivity index is 1.28. The quantitative estimate of drug-likeness (QED) is 0.405. The molecule has 2 heterocycles. The lowest BCUT2D eigenvalue weighted by Gasteiger charge is -2.31. The lowest BCUT2D eigenvalue weighted by Crippen LogP contribution is -2.32. The Kier molecular flexibility index (Phi) is 6.62. The number of pyridine rings is 1. The number of ether oxygens (including phenoxy) is 1. The smallest absolute Gasteiger partial charge is 0.549 e. The van der Waals surface area contributed by atoms with Crippen molar-refractivity contribution in [1.82, 2.24) is 10.3 Å². The van der Waals surface area contributed by atoms with Crippen molar-refractivity contribution in [3.05, 3.63) is 114 Å². The molecule has 180 valence electrons. The largest absolute Gasteiger partial charge is 0.561 e. The minimum atomic E-state index is -0.690. The molecule has 0 saturated carbocycles. The molecule has 0 spiro atoms. The molecule has 0 radical (unpaired) electrons. The molecule has 4 aromatic rings. The van der Waals surface area contributed by atoms with Crippen LogP contribution in [0.1, 0.15) is 31.8 Å². The Morgan fingerprint density at radius 3 is 2.58 bits per heavy atom. The van der Waals surface area contributed by atoms with Crippen LogP contribution in [0.2, 0.25) is 0 Å². The summed E-state index contributed by atoms with van der Waals surface area (Å²) in [6.07, 6.45) is 3.43. The first-order chi connectivity index (χ1) is 17.6. The van der Waals surface area contributed by atoms with Crippen molar-refractivity contribution < 1.29 is 19.4 Å².